The highest BCUT2D eigenvalue weighted by Crippen LogP contribution is 2.37. The van der Waals surface area contributed by atoms with Crippen LogP contribution in [0.1, 0.15) is 55.2 Å². The predicted molar refractivity (Wildman–Crippen MR) is 144 cm³/mol. The lowest BCUT2D eigenvalue weighted by molar-refractivity contribution is -0.152. The zero-order valence-corrected chi connectivity index (χ0v) is 23.0. The van der Waals surface area contributed by atoms with Crippen LogP contribution in [-0.2, 0) is 14.4 Å². The summed E-state index contributed by atoms with van der Waals surface area (Å²) in [5.74, 6) is -6.94. The molecule has 0 saturated heterocycles. The molecule has 1 aliphatic heterocycles. The second-order valence-electron chi connectivity index (χ2n) is 10.7. The molecule has 4 N–H and O–H groups in total. The Kier molecular flexibility index (Phi) is 9.35. The molecule has 1 aliphatic carbocycles. The van der Waals surface area contributed by atoms with E-state index in [-0.39, 0.29) is 17.5 Å². The van der Waals surface area contributed by atoms with Crippen LogP contribution in [0, 0.1) is 18.8 Å². The summed E-state index contributed by atoms with van der Waals surface area (Å²) in [6.07, 6.45) is -14.8. The van der Waals surface area contributed by atoms with Crippen molar-refractivity contribution in [3.8, 4) is 5.75 Å². The minimum Gasteiger partial charge on any atom is -0.488 e. The van der Waals surface area contributed by atoms with Crippen molar-refractivity contribution in [3.63, 3.8) is 0 Å². The van der Waals surface area contributed by atoms with Crippen LogP contribution in [0.3, 0.4) is 0 Å². The van der Waals surface area contributed by atoms with Crippen molar-refractivity contribution < 1.29 is 45.5 Å². The van der Waals surface area contributed by atoms with Gasteiger partial charge >= 0.3 is 12.4 Å². The van der Waals surface area contributed by atoms with Gasteiger partial charge in [-0.05, 0) is 44.7 Å². The van der Waals surface area contributed by atoms with Gasteiger partial charge in [0.15, 0.2) is 0 Å². The SMILES string of the molecule is Cc1cccc(C2=N[C@H](NC(=O)[C@H](CCC(F)(F)F)[C@H](CCC(F)(F)F)C(N)=O)C(=O)Nc3c(OC4CC4)cccc32)c1. The number of benzene rings is 2. The van der Waals surface area contributed by atoms with Crippen LogP contribution in [0.25, 0.3) is 0 Å². The number of carbonyl (C=O) groups excluding carboxylic acids is 3. The number of carbonyl (C=O) groups is 3. The Balaban J connectivity index is 1.71. The van der Waals surface area contributed by atoms with E-state index in [1.165, 1.54) is 0 Å². The van der Waals surface area contributed by atoms with Crippen LogP contribution in [0.4, 0.5) is 32.0 Å². The van der Waals surface area contributed by atoms with Crippen molar-refractivity contribution in [2.75, 3.05) is 5.32 Å². The van der Waals surface area contributed by atoms with Crippen molar-refractivity contribution in [2.45, 2.75) is 70.1 Å². The summed E-state index contributed by atoms with van der Waals surface area (Å²) < 4.78 is 84.2. The van der Waals surface area contributed by atoms with Crippen molar-refractivity contribution in [1.82, 2.24) is 5.32 Å². The van der Waals surface area contributed by atoms with Gasteiger partial charge in [0.25, 0.3) is 5.91 Å². The number of para-hydroxylation sites is 1. The number of hydrogen-bond acceptors (Lipinski definition) is 5. The molecule has 8 nitrogen and oxygen atoms in total. The average molecular weight is 613 g/mol. The number of halogens is 6. The normalized spacial score (nSPS) is 18.4. The fourth-order valence-corrected chi connectivity index (χ4v) is 4.83. The van der Waals surface area contributed by atoms with Gasteiger partial charge in [0, 0.05) is 35.8 Å². The van der Waals surface area contributed by atoms with Gasteiger partial charge in [0.05, 0.1) is 17.5 Å². The van der Waals surface area contributed by atoms with E-state index in [1.807, 2.05) is 13.0 Å². The summed E-state index contributed by atoms with van der Waals surface area (Å²) in [4.78, 5) is 43.4. The van der Waals surface area contributed by atoms with Gasteiger partial charge < -0.3 is 21.1 Å². The van der Waals surface area contributed by atoms with Crippen LogP contribution in [0.2, 0.25) is 0 Å². The number of fused-ring (bicyclic) bond motifs is 1. The van der Waals surface area contributed by atoms with E-state index in [1.54, 1.807) is 36.4 Å². The molecule has 2 aromatic carbocycles. The van der Waals surface area contributed by atoms with Crippen LogP contribution in [-0.4, -0.2) is 48.1 Å². The molecule has 1 saturated carbocycles. The first kappa shape index (κ1) is 31.8. The molecular formula is C29H30F6N4O4. The molecule has 0 bridgehead atoms. The lowest BCUT2D eigenvalue weighted by Gasteiger charge is -2.26. The highest BCUT2D eigenvalue weighted by atomic mass is 19.4. The maximum absolute atomic E-state index is 13.4. The molecule has 1 heterocycles. The molecule has 14 heteroatoms. The zero-order valence-electron chi connectivity index (χ0n) is 23.0. The summed E-state index contributed by atoms with van der Waals surface area (Å²) in [6.45, 7) is 1.83. The number of aryl methyl sites for hydroxylation is 1. The van der Waals surface area contributed by atoms with E-state index in [2.05, 4.69) is 15.6 Å². The van der Waals surface area contributed by atoms with E-state index in [0.29, 0.717) is 16.9 Å². The zero-order chi connectivity index (χ0) is 31.5. The third kappa shape index (κ3) is 8.71. The van der Waals surface area contributed by atoms with E-state index < -0.39 is 73.8 Å². The second-order valence-corrected chi connectivity index (χ2v) is 10.7. The highest BCUT2D eigenvalue weighted by Gasteiger charge is 2.41. The van der Waals surface area contributed by atoms with Crippen LogP contribution < -0.4 is 21.1 Å². The lowest BCUT2D eigenvalue weighted by Crippen LogP contribution is -2.48. The Labute approximate surface area is 243 Å². The quantitative estimate of drug-likeness (QED) is 0.303. The molecule has 4 rings (SSSR count). The van der Waals surface area contributed by atoms with Gasteiger partial charge in [-0.3, -0.25) is 14.4 Å². The summed E-state index contributed by atoms with van der Waals surface area (Å²) in [7, 11) is 0. The third-order valence-electron chi connectivity index (χ3n) is 7.09. The molecule has 43 heavy (non-hydrogen) atoms. The number of rotatable bonds is 11. The van der Waals surface area contributed by atoms with Crippen LogP contribution >= 0.6 is 0 Å². The average Bonchev–Trinajstić information content (AvgIpc) is 3.72. The smallest absolute Gasteiger partial charge is 0.389 e. The van der Waals surface area contributed by atoms with Crippen molar-refractivity contribution >= 4 is 29.1 Å². The molecule has 232 valence electrons. The number of amides is 3. The Morgan fingerprint density at radius 3 is 2.23 bits per heavy atom. The summed E-state index contributed by atoms with van der Waals surface area (Å²) >= 11 is 0. The molecule has 1 fully saturated rings. The molecule has 2 aliphatic rings. The van der Waals surface area contributed by atoms with Crippen molar-refractivity contribution in [2.24, 2.45) is 22.6 Å². The number of nitrogens with one attached hydrogen (secondary N) is 2. The third-order valence-corrected chi connectivity index (χ3v) is 7.09. The first-order chi connectivity index (χ1) is 20.1. The number of nitrogens with zero attached hydrogens (tertiary/aromatic N) is 1. The second kappa shape index (κ2) is 12.6. The van der Waals surface area contributed by atoms with Gasteiger partial charge in [-0.1, -0.05) is 35.9 Å². The molecule has 0 spiro atoms. The highest BCUT2D eigenvalue weighted by molar-refractivity contribution is 6.20. The molecule has 3 atom stereocenters. The van der Waals surface area contributed by atoms with Crippen LogP contribution in [0.5, 0.6) is 5.75 Å². The van der Waals surface area contributed by atoms with Gasteiger partial charge in [-0.15, -0.1) is 0 Å². The largest absolute Gasteiger partial charge is 0.488 e. The number of anilines is 1. The fraction of sp³-hybridized carbons (Fsp3) is 0.448. The number of primary amides is 1. The predicted octanol–water partition coefficient (Wildman–Crippen LogP) is 5.17. The minimum atomic E-state index is -4.78. The Morgan fingerprint density at radius 1 is 1.02 bits per heavy atom. The summed E-state index contributed by atoms with van der Waals surface area (Å²) in [5.41, 5.74) is 7.63. The first-order valence-electron chi connectivity index (χ1n) is 13.6. The van der Waals surface area contributed by atoms with E-state index in [9.17, 15) is 40.7 Å². The van der Waals surface area contributed by atoms with Gasteiger partial charge in [-0.25, -0.2) is 4.99 Å². The number of benzodiazepines with no additional fused rings is 1. The lowest BCUT2D eigenvalue weighted by atomic mass is 9.83. The Bertz CT molecular complexity index is 1400. The topological polar surface area (TPSA) is 123 Å². The van der Waals surface area contributed by atoms with E-state index in [0.717, 1.165) is 18.4 Å². The molecule has 3 amide bonds. The Hall–Kier alpha value is -4.10. The molecule has 0 aromatic heterocycles. The van der Waals surface area contributed by atoms with Crippen molar-refractivity contribution in [1.29, 1.82) is 0 Å². The van der Waals surface area contributed by atoms with Crippen LogP contribution in [0.15, 0.2) is 47.5 Å². The van der Waals surface area contributed by atoms with Gasteiger partial charge in [0.1, 0.15) is 5.75 Å². The molecule has 0 unspecified atom stereocenters. The van der Waals surface area contributed by atoms with Crippen molar-refractivity contribution in [3.05, 3.63) is 59.2 Å². The minimum absolute atomic E-state index is 0.0432. The number of nitrogens with two attached hydrogens (primary N) is 1. The summed E-state index contributed by atoms with van der Waals surface area (Å²) in [5, 5.41) is 4.94. The first-order valence-corrected chi connectivity index (χ1v) is 13.6. The van der Waals surface area contributed by atoms with Gasteiger partial charge in [0.2, 0.25) is 18.0 Å². The number of hydrogen-bond donors (Lipinski definition) is 3. The van der Waals surface area contributed by atoms with Gasteiger partial charge in [-0.2, -0.15) is 26.3 Å². The number of alkyl halides is 6. The molecule has 2 aromatic rings. The maximum Gasteiger partial charge on any atom is 0.389 e. The molecule has 0 radical (unpaired) electrons. The standard InChI is InChI=1S/C29H30F6N4O4/c1-15-4-2-5-16(14-15)22-20-6-3-7-21(43-17-8-9-17)23(20)38-27(42)25(37-22)39-26(41)19(11-13-29(33,34)35)18(24(36)40)10-12-28(30,31)32/h2-7,14,17-19,25H,8-13H2,1H3,(H2,36,40)(H,38,42)(H,39,41)/t18-,19+,25+/m0/s1. The monoisotopic (exact) mass is 612 g/mol. The fourth-order valence-electron chi connectivity index (χ4n) is 4.83. The number of ether oxygens (including phenoxy) is 1. The maximum atomic E-state index is 13.4. The van der Waals surface area contributed by atoms with E-state index >= 15 is 0 Å². The van der Waals surface area contributed by atoms with E-state index in [4.69, 9.17) is 10.5 Å². The molecular weight excluding hydrogens is 582 g/mol. The number of aliphatic imine (C=N–C) groups is 1. The Morgan fingerprint density at radius 2 is 1.65 bits per heavy atom. The summed E-state index contributed by atoms with van der Waals surface area (Å²) in [6, 6.07) is 12.1.